The quantitative estimate of drug-likeness (QED) is 0.630. The Morgan fingerprint density at radius 3 is 2.46 bits per heavy atom. The highest BCUT2D eigenvalue weighted by atomic mass is 16.2. The van der Waals surface area contributed by atoms with Gasteiger partial charge in [-0.15, -0.1) is 0 Å². The van der Waals surface area contributed by atoms with Crippen molar-refractivity contribution in [1.82, 2.24) is 4.90 Å². The average molecular weight is 326 g/mol. The Hall–Kier alpha value is -1.68. The molecular formula is C20H26N2O2. The summed E-state index contributed by atoms with van der Waals surface area (Å²) in [6, 6.07) is 4.49. The van der Waals surface area contributed by atoms with E-state index in [4.69, 9.17) is 0 Å². The molecule has 2 aliphatic heterocycles. The number of hydrogen-bond donors (Lipinski definition) is 0. The van der Waals surface area contributed by atoms with Gasteiger partial charge >= 0.3 is 0 Å². The van der Waals surface area contributed by atoms with Gasteiger partial charge in [0, 0.05) is 18.8 Å². The normalized spacial score (nSPS) is 23.9. The van der Waals surface area contributed by atoms with Crippen LogP contribution in [0.4, 0.5) is 5.69 Å². The molecule has 0 radical (unpaired) electrons. The fraction of sp³-hybridized carbons (Fsp3) is 0.600. The third-order valence-electron chi connectivity index (χ3n) is 5.86. The van der Waals surface area contributed by atoms with Crippen molar-refractivity contribution in [3.8, 4) is 0 Å². The Morgan fingerprint density at radius 1 is 0.958 bits per heavy atom. The van der Waals surface area contributed by atoms with Crippen LogP contribution in [0.25, 0.3) is 0 Å². The monoisotopic (exact) mass is 326 g/mol. The first-order chi connectivity index (χ1) is 11.8. The first kappa shape index (κ1) is 15.8. The number of hydrogen-bond acceptors (Lipinski definition) is 3. The largest absolute Gasteiger partial charge is 0.310 e. The third-order valence-corrected chi connectivity index (χ3v) is 5.86. The number of anilines is 1. The molecule has 1 amide bonds. The highest BCUT2D eigenvalue weighted by Crippen LogP contribution is 2.35. The molecule has 4 nitrogen and oxygen atoms in total. The molecule has 1 saturated heterocycles. The minimum absolute atomic E-state index is 0.00698. The van der Waals surface area contributed by atoms with Crippen molar-refractivity contribution < 1.29 is 9.59 Å². The van der Waals surface area contributed by atoms with Crippen molar-refractivity contribution in [2.24, 2.45) is 5.92 Å². The molecule has 1 aromatic rings. The van der Waals surface area contributed by atoms with E-state index < -0.39 is 5.92 Å². The fourth-order valence-electron chi connectivity index (χ4n) is 4.48. The van der Waals surface area contributed by atoms with Gasteiger partial charge in [-0.3, -0.25) is 4.79 Å². The number of likely N-dealkylation sites (tertiary alicyclic amines) is 1. The maximum atomic E-state index is 12.8. The lowest BCUT2D eigenvalue weighted by Gasteiger charge is -2.35. The fourth-order valence-corrected chi connectivity index (χ4v) is 4.48. The van der Waals surface area contributed by atoms with Gasteiger partial charge in [0.05, 0.1) is 5.92 Å². The van der Waals surface area contributed by atoms with Crippen LogP contribution in [-0.2, 0) is 28.9 Å². The van der Waals surface area contributed by atoms with E-state index in [1.165, 1.54) is 42.4 Å². The number of aldehydes is 1. The standard InChI is InChI=1S/C20H26N2O2/c23-14-18-12-17-11-15-5-4-6-16(15)13-19(17)22(20(18)24)10-9-21-7-2-1-3-8-21/h11,13-14,18H,1-10,12H2. The van der Waals surface area contributed by atoms with E-state index in [1.807, 2.05) is 4.90 Å². The topological polar surface area (TPSA) is 40.6 Å². The van der Waals surface area contributed by atoms with Gasteiger partial charge in [-0.1, -0.05) is 12.5 Å². The molecule has 1 aromatic carbocycles. The summed E-state index contributed by atoms with van der Waals surface area (Å²) in [4.78, 5) is 28.5. The average Bonchev–Trinajstić information content (AvgIpc) is 3.07. The summed E-state index contributed by atoms with van der Waals surface area (Å²) < 4.78 is 0. The molecule has 1 fully saturated rings. The van der Waals surface area contributed by atoms with Crippen molar-refractivity contribution in [3.05, 3.63) is 28.8 Å². The molecule has 0 saturated carbocycles. The smallest absolute Gasteiger partial charge is 0.237 e. The highest BCUT2D eigenvalue weighted by Gasteiger charge is 2.33. The maximum absolute atomic E-state index is 12.8. The van der Waals surface area contributed by atoms with Gasteiger partial charge in [0.25, 0.3) is 0 Å². The number of nitrogens with zero attached hydrogens (tertiary/aromatic N) is 2. The summed E-state index contributed by atoms with van der Waals surface area (Å²) in [5, 5.41) is 0. The molecule has 1 unspecified atom stereocenters. The first-order valence-electron chi connectivity index (χ1n) is 9.40. The van der Waals surface area contributed by atoms with Crippen molar-refractivity contribution in [1.29, 1.82) is 0 Å². The first-order valence-corrected chi connectivity index (χ1v) is 9.40. The van der Waals surface area contributed by atoms with E-state index in [0.717, 1.165) is 44.4 Å². The lowest BCUT2D eigenvalue weighted by molar-refractivity contribution is -0.127. The Balaban J connectivity index is 1.59. The van der Waals surface area contributed by atoms with Crippen LogP contribution in [-0.4, -0.2) is 43.3 Å². The van der Waals surface area contributed by atoms with Gasteiger partial charge in [0.1, 0.15) is 6.29 Å². The number of carbonyl (C=O) groups is 2. The summed E-state index contributed by atoms with van der Waals surface area (Å²) in [6.07, 6.45) is 8.71. The molecule has 1 atom stereocenters. The predicted octanol–water partition coefficient (Wildman–Crippen LogP) is 2.37. The van der Waals surface area contributed by atoms with Crippen molar-refractivity contribution in [3.63, 3.8) is 0 Å². The minimum Gasteiger partial charge on any atom is -0.310 e. The second-order valence-electron chi connectivity index (χ2n) is 7.44. The molecule has 2 heterocycles. The zero-order chi connectivity index (χ0) is 16.5. The van der Waals surface area contributed by atoms with Crippen LogP contribution in [0.5, 0.6) is 0 Å². The number of piperidine rings is 1. The van der Waals surface area contributed by atoms with Crippen LogP contribution < -0.4 is 4.90 Å². The molecule has 0 spiro atoms. The van der Waals surface area contributed by atoms with Crippen LogP contribution in [0.15, 0.2) is 12.1 Å². The maximum Gasteiger partial charge on any atom is 0.237 e. The van der Waals surface area contributed by atoms with Gasteiger partial charge in [0.15, 0.2) is 0 Å². The van der Waals surface area contributed by atoms with Crippen molar-refractivity contribution in [2.75, 3.05) is 31.1 Å². The number of rotatable bonds is 4. The van der Waals surface area contributed by atoms with E-state index in [2.05, 4.69) is 17.0 Å². The Morgan fingerprint density at radius 2 is 1.71 bits per heavy atom. The molecule has 0 aromatic heterocycles. The van der Waals surface area contributed by atoms with Crippen LogP contribution in [0.1, 0.15) is 42.4 Å². The van der Waals surface area contributed by atoms with Gasteiger partial charge < -0.3 is 14.6 Å². The molecular weight excluding hydrogens is 300 g/mol. The summed E-state index contributed by atoms with van der Waals surface area (Å²) in [5.74, 6) is -0.509. The lowest BCUT2D eigenvalue weighted by Crippen LogP contribution is -2.46. The van der Waals surface area contributed by atoms with Gasteiger partial charge in [-0.25, -0.2) is 0 Å². The number of benzene rings is 1. The molecule has 0 N–H and O–H groups in total. The zero-order valence-corrected chi connectivity index (χ0v) is 14.3. The number of aryl methyl sites for hydroxylation is 2. The van der Waals surface area contributed by atoms with Crippen LogP contribution in [0.2, 0.25) is 0 Å². The summed E-state index contributed by atoms with van der Waals surface area (Å²) in [5.41, 5.74) is 5.07. The second kappa shape index (κ2) is 6.67. The minimum atomic E-state index is -0.502. The van der Waals surface area contributed by atoms with E-state index in [1.54, 1.807) is 0 Å². The van der Waals surface area contributed by atoms with E-state index in [9.17, 15) is 9.59 Å². The van der Waals surface area contributed by atoms with E-state index in [-0.39, 0.29) is 5.91 Å². The molecule has 24 heavy (non-hydrogen) atoms. The lowest BCUT2D eigenvalue weighted by atomic mass is 9.90. The van der Waals surface area contributed by atoms with E-state index >= 15 is 0 Å². The molecule has 128 valence electrons. The van der Waals surface area contributed by atoms with Gasteiger partial charge in [-0.2, -0.15) is 0 Å². The van der Waals surface area contributed by atoms with Crippen molar-refractivity contribution >= 4 is 17.9 Å². The van der Waals surface area contributed by atoms with Crippen molar-refractivity contribution in [2.45, 2.75) is 44.9 Å². The number of fused-ring (bicyclic) bond motifs is 2. The van der Waals surface area contributed by atoms with Crippen LogP contribution in [0, 0.1) is 5.92 Å². The summed E-state index contributed by atoms with van der Waals surface area (Å²) in [7, 11) is 0. The third kappa shape index (κ3) is 2.88. The molecule has 1 aliphatic carbocycles. The molecule has 0 bridgehead atoms. The molecule has 3 aliphatic rings. The Kier molecular flexibility index (Phi) is 4.40. The SMILES string of the molecule is O=CC1Cc2cc3c(cc2N(CCN2CCCCC2)C1=O)CCC3. The van der Waals surface area contributed by atoms with Crippen LogP contribution in [0.3, 0.4) is 0 Å². The van der Waals surface area contributed by atoms with Gasteiger partial charge in [0.2, 0.25) is 5.91 Å². The highest BCUT2D eigenvalue weighted by molar-refractivity contribution is 6.05. The Bertz CT molecular complexity index is 649. The molecule has 4 heteroatoms. The zero-order valence-electron chi connectivity index (χ0n) is 14.3. The Labute approximate surface area is 143 Å². The van der Waals surface area contributed by atoms with Gasteiger partial charge in [-0.05, 0) is 74.4 Å². The van der Waals surface area contributed by atoms with Crippen LogP contribution >= 0.6 is 0 Å². The predicted molar refractivity (Wildman–Crippen MR) is 94.4 cm³/mol. The molecule has 4 rings (SSSR count). The number of carbonyl (C=O) groups excluding carboxylic acids is 2. The van der Waals surface area contributed by atoms with E-state index in [0.29, 0.717) is 13.0 Å². The second-order valence-corrected chi connectivity index (χ2v) is 7.44. The summed E-state index contributed by atoms with van der Waals surface area (Å²) in [6.45, 7) is 3.88. The summed E-state index contributed by atoms with van der Waals surface area (Å²) >= 11 is 0. The number of amides is 1.